The van der Waals surface area contributed by atoms with Crippen molar-refractivity contribution in [2.45, 2.75) is 24.5 Å². The van der Waals surface area contributed by atoms with E-state index in [0.29, 0.717) is 12.8 Å². The molecule has 1 fully saturated rings. The molecule has 0 aromatic heterocycles. The first-order chi connectivity index (χ1) is 7.99. The minimum atomic E-state index is -3.07. The second-order valence-electron chi connectivity index (χ2n) is 5.00. The van der Waals surface area contributed by atoms with Crippen LogP contribution < -0.4 is 5.32 Å². The summed E-state index contributed by atoms with van der Waals surface area (Å²) < 4.78 is 23.0. The van der Waals surface area contributed by atoms with E-state index in [-0.39, 0.29) is 17.5 Å². The van der Waals surface area contributed by atoms with Crippen LogP contribution in [0, 0.1) is 0 Å². The molecular weight excluding hydrogens is 238 g/mol. The Kier molecular flexibility index (Phi) is 2.25. The number of anilines is 1. The van der Waals surface area contributed by atoms with Crippen molar-refractivity contribution in [1.82, 2.24) is 0 Å². The van der Waals surface area contributed by atoms with Gasteiger partial charge in [-0.3, -0.25) is 0 Å². The van der Waals surface area contributed by atoms with Crippen LogP contribution in [0.3, 0.4) is 0 Å². The van der Waals surface area contributed by atoms with Gasteiger partial charge in [0, 0.05) is 5.69 Å². The zero-order chi connectivity index (χ0) is 12.1. The second kappa shape index (κ2) is 3.46. The Morgan fingerprint density at radius 3 is 2.76 bits per heavy atom. The van der Waals surface area contributed by atoms with E-state index >= 15 is 0 Å². The fourth-order valence-corrected chi connectivity index (χ4v) is 4.67. The largest absolute Gasteiger partial charge is 0.387 e. The molecule has 2 atom stereocenters. The lowest BCUT2D eigenvalue weighted by atomic mass is 9.91. The first kappa shape index (κ1) is 11.0. The number of sulfone groups is 1. The van der Waals surface area contributed by atoms with Crippen LogP contribution in [0.2, 0.25) is 0 Å². The van der Waals surface area contributed by atoms with Crippen LogP contribution in [0.4, 0.5) is 5.69 Å². The number of para-hydroxylation sites is 1. The van der Waals surface area contributed by atoms with E-state index in [1.165, 1.54) is 0 Å². The molecule has 5 heteroatoms. The van der Waals surface area contributed by atoms with Crippen molar-refractivity contribution in [3.05, 3.63) is 29.8 Å². The first-order valence-corrected chi connectivity index (χ1v) is 7.58. The van der Waals surface area contributed by atoms with Crippen LogP contribution in [0.1, 0.15) is 12.0 Å². The average Bonchev–Trinajstić information content (AvgIpc) is 2.80. The molecular formula is C12H15NO3S. The van der Waals surface area contributed by atoms with Crippen molar-refractivity contribution in [2.75, 3.05) is 16.8 Å². The van der Waals surface area contributed by atoms with Gasteiger partial charge in [0.2, 0.25) is 0 Å². The fraction of sp³-hybridized carbons (Fsp3) is 0.500. The SMILES string of the molecule is O=S1(=O)CCC(O)(C2Cc3ccccc3N2)C1. The Labute approximate surface area is 101 Å². The van der Waals surface area contributed by atoms with Crippen LogP contribution in [-0.2, 0) is 16.3 Å². The van der Waals surface area contributed by atoms with Gasteiger partial charge in [0.25, 0.3) is 0 Å². The highest BCUT2D eigenvalue weighted by molar-refractivity contribution is 7.91. The third-order valence-electron chi connectivity index (χ3n) is 3.74. The maximum atomic E-state index is 11.5. The molecule has 2 aliphatic heterocycles. The number of nitrogens with one attached hydrogen (secondary N) is 1. The molecule has 1 aromatic rings. The zero-order valence-electron chi connectivity index (χ0n) is 9.39. The molecule has 0 amide bonds. The van der Waals surface area contributed by atoms with Crippen LogP contribution in [-0.4, -0.2) is 36.7 Å². The molecule has 92 valence electrons. The topological polar surface area (TPSA) is 66.4 Å². The van der Waals surface area contributed by atoms with Gasteiger partial charge in [-0.2, -0.15) is 0 Å². The normalized spacial score (nSPS) is 34.3. The van der Waals surface area contributed by atoms with Gasteiger partial charge in [0.15, 0.2) is 9.84 Å². The summed E-state index contributed by atoms with van der Waals surface area (Å²) in [5.74, 6) is -0.0241. The summed E-state index contributed by atoms with van der Waals surface area (Å²) in [6, 6.07) is 7.68. The molecule has 0 bridgehead atoms. The fourth-order valence-electron chi connectivity index (χ4n) is 2.75. The minimum Gasteiger partial charge on any atom is -0.387 e. The lowest BCUT2D eigenvalue weighted by Crippen LogP contribution is -2.47. The molecule has 4 nitrogen and oxygen atoms in total. The van der Waals surface area contributed by atoms with Gasteiger partial charge in [0.1, 0.15) is 0 Å². The zero-order valence-corrected chi connectivity index (χ0v) is 10.2. The highest BCUT2D eigenvalue weighted by Gasteiger charge is 2.48. The van der Waals surface area contributed by atoms with Crippen LogP contribution in [0.25, 0.3) is 0 Å². The Bertz CT molecular complexity index is 530. The van der Waals surface area contributed by atoms with Gasteiger partial charge < -0.3 is 10.4 Å². The second-order valence-corrected chi connectivity index (χ2v) is 7.19. The number of aliphatic hydroxyl groups is 1. The Balaban J connectivity index is 1.86. The maximum Gasteiger partial charge on any atom is 0.153 e. The van der Waals surface area contributed by atoms with E-state index in [0.717, 1.165) is 11.3 Å². The molecule has 0 spiro atoms. The van der Waals surface area contributed by atoms with Crippen molar-refractivity contribution in [2.24, 2.45) is 0 Å². The van der Waals surface area contributed by atoms with Gasteiger partial charge >= 0.3 is 0 Å². The van der Waals surface area contributed by atoms with Gasteiger partial charge in [-0.15, -0.1) is 0 Å². The van der Waals surface area contributed by atoms with Gasteiger partial charge in [-0.05, 0) is 24.5 Å². The van der Waals surface area contributed by atoms with E-state index in [1.807, 2.05) is 24.3 Å². The number of benzene rings is 1. The van der Waals surface area contributed by atoms with Gasteiger partial charge in [0.05, 0.1) is 23.1 Å². The number of hydrogen-bond acceptors (Lipinski definition) is 4. The van der Waals surface area contributed by atoms with Crippen molar-refractivity contribution >= 4 is 15.5 Å². The third kappa shape index (κ3) is 1.83. The van der Waals surface area contributed by atoms with E-state index in [4.69, 9.17) is 0 Å². The minimum absolute atomic E-state index is 0.0953. The van der Waals surface area contributed by atoms with E-state index in [2.05, 4.69) is 5.32 Å². The van der Waals surface area contributed by atoms with Crippen molar-refractivity contribution in [3.8, 4) is 0 Å². The molecule has 0 radical (unpaired) electrons. The predicted molar refractivity (Wildman–Crippen MR) is 65.8 cm³/mol. The Hall–Kier alpha value is -1.07. The summed E-state index contributed by atoms with van der Waals surface area (Å²) in [5, 5.41) is 13.7. The van der Waals surface area contributed by atoms with E-state index in [1.54, 1.807) is 0 Å². The molecule has 0 aliphatic carbocycles. The van der Waals surface area contributed by atoms with Crippen molar-refractivity contribution < 1.29 is 13.5 Å². The predicted octanol–water partition coefficient (Wildman–Crippen LogP) is 0.573. The summed E-state index contributed by atoms with van der Waals surface area (Å²) in [4.78, 5) is 0. The summed E-state index contributed by atoms with van der Waals surface area (Å²) in [5.41, 5.74) is 1.04. The summed E-state index contributed by atoms with van der Waals surface area (Å²) in [7, 11) is -3.07. The summed E-state index contributed by atoms with van der Waals surface area (Å²) >= 11 is 0. The lowest BCUT2D eigenvalue weighted by molar-refractivity contribution is 0.0492. The maximum absolute atomic E-state index is 11.5. The molecule has 17 heavy (non-hydrogen) atoms. The van der Waals surface area contributed by atoms with Gasteiger partial charge in [-0.1, -0.05) is 18.2 Å². The van der Waals surface area contributed by atoms with Crippen LogP contribution in [0.15, 0.2) is 24.3 Å². The lowest BCUT2D eigenvalue weighted by Gasteiger charge is -2.28. The highest BCUT2D eigenvalue weighted by Crippen LogP contribution is 2.35. The number of fused-ring (bicyclic) bond motifs is 1. The molecule has 3 rings (SSSR count). The number of hydrogen-bond donors (Lipinski definition) is 2. The molecule has 1 saturated heterocycles. The average molecular weight is 253 g/mol. The molecule has 2 unspecified atom stereocenters. The first-order valence-electron chi connectivity index (χ1n) is 5.76. The van der Waals surface area contributed by atoms with Crippen LogP contribution in [0.5, 0.6) is 0 Å². The quantitative estimate of drug-likeness (QED) is 0.768. The van der Waals surface area contributed by atoms with Crippen LogP contribution >= 0.6 is 0 Å². The molecule has 2 heterocycles. The molecule has 2 aliphatic rings. The van der Waals surface area contributed by atoms with Gasteiger partial charge in [-0.25, -0.2) is 8.42 Å². The standard InChI is InChI=1S/C12H15NO3S/c14-12(5-6-17(15,16)8-12)11-7-9-3-1-2-4-10(9)13-11/h1-4,11,13-14H,5-8H2. The molecule has 2 N–H and O–H groups in total. The molecule has 1 aromatic carbocycles. The van der Waals surface area contributed by atoms with Crippen molar-refractivity contribution in [1.29, 1.82) is 0 Å². The third-order valence-corrected chi connectivity index (χ3v) is 5.50. The summed E-state index contributed by atoms with van der Waals surface area (Å²) in [6.45, 7) is 0. The Morgan fingerprint density at radius 1 is 1.35 bits per heavy atom. The monoisotopic (exact) mass is 253 g/mol. The smallest absolute Gasteiger partial charge is 0.153 e. The highest BCUT2D eigenvalue weighted by atomic mass is 32.2. The van der Waals surface area contributed by atoms with E-state index < -0.39 is 15.4 Å². The molecule has 0 saturated carbocycles. The van der Waals surface area contributed by atoms with Crippen molar-refractivity contribution in [3.63, 3.8) is 0 Å². The number of rotatable bonds is 1. The Morgan fingerprint density at radius 2 is 2.12 bits per heavy atom. The summed E-state index contributed by atoms with van der Waals surface area (Å²) in [6.07, 6.45) is 1.03. The van der Waals surface area contributed by atoms with E-state index in [9.17, 15) is 13.5 Å².